The quantitative estimate of drug-likeness (QED) is 0.863. The van der Waals surface area contributed by atoms with Crippen molar-refractivity contribution in [2.24, 2.45) is 0 Å². The zero-order chi connectivity index (χ0) is 17.0. The van der Waals surface area contributed by atoms with Crippen LogP contribution in [0.25, 0.3) is 11.3 Å². The number of carbonyl (C=O) groups excluding carboxylic acids is 2. The van der Waals surface area contributed by atoms with Crippen LogP contribution < -0.4 is 5.32 Å². The minimum atomic E-state index is -0.553. The van der Waals surface area contributed by atoms with Gasteiger partial charge in [0, 0.05) is 11.3 Å². The number of hydrogen-bond donors (Lipinski definition) is 1. The molecule has 0 fully saturated rings. The summed E-state index contributed by atoms with van der Waals surface area (Å²) in [6.45, 7) is 5.39. The molecule has 1 amide bonds. The second kappa shape index (κ2) is 6.56. The molecule has 122 valence electrons. The number of furan rings is 1. The monoisotopic (exact) mass is 317 g/mol. The molecule has 1 aromatic carbocycles. The lowest BCUT2D eigenvalue weighted by molar-refractivity contribution is 0.0565. The number of benzene rings is 1. The normalized spacial score (nSPS) is 11.0. The van der Waals surface area contributed by atoms with E-state index in [1.807, 2.05) is 0 Å². The van der Waals surface area contributed by atoms with Crippen molar-refractivity contribution in [1.29, 1.82) is 0 Å². The van der Waals surface area contributed by atoms with E-state index < -0.39 is 17.7 Å². The zero-order valence-corrected chi connectivity index (χ0v) is 13.5. The average molecular weight is 317 g/mol. The van der Waals surface area contributed by atoms with E-state index in [1.165, 1.54) is 7.11 Å². The molecule has 6 heteroatoms. The van der Waals surface area contributed by atoms with Gasteiger partial charge in [0.15, 0.2) is 0 Å². The maximum absolute atomic E-state index is 11.7. The lowest BCUT2D eigenvalue weighted by Gasteiger charge is -2.19. The smallest absolute Gasteiger partial charge is 0.412 e. The van der Waals surface area contributed by atoms with Crippen LogP contribution in [0.15, 0.2) is 40.8 Å². The van der Waals surface area contributed by atoms with Crippen LogP contribution in [-0.4, -0.2) is 24.8 Å². The Labute approximate surface area is 134 Å². The van der Waals surface area contributed by atoms with Crippen LogP contribution in [0.3, 0.4) is 0 Å². The van der Waals surface area contributed by atoms with Crippen molar-refractivity contribution >= 4 is 17.7 Å². The van der Waals surface area contributed by atoms with Crippen molar-refractivity contribution in [2.75, 3.05) is 12.4 Å². The molecule has 0 saturated heterocycles. The summed E-state index contributed by atoms with van der Waals surface area (Å²) in [7, 11) is 1.29. The standard InChI is InChI=1S/C17H19NO5/c1-17(2,3)23-16(20)18-12-7-5-11(6-8-12)13-9-10-14(22-13)15(19)21-4/h5-10H,1-4H3,(H,18,20). The molecule has 1 heterocycles. The highest BCUT2D eigenvalue weighted by atomic mass is 16.6. The molecule has 0 radical (unpaired) electrons. The van der Waals surface area contributed by atoms with Crippen LogP contribution >= 0.6 is 0 Å². The van der Waals surface area contributed by atoms with Crippen molar-refractivity contribution in [3.63, 3.8) is 0 Å². The summed E-state index contributed by atoms with van der Waals surface area (Å²) in [5.41, 5.74) is 0.820. The van der Waals surface area contributed by atoms with Crippen molar-refractivity contribution < 1.29 is 23.5 Å². The first-order chi connectivity index (χ1) is 10.8. The number of hydrogen-bond acceptors (Lipinski definition) is 5. The molecule has 1 N–H and O–H groups in total. The second-order valence-electron chi connectivity index (χ2n) is 5.86. The van der Waals surface area contributed by atoms with Crippen molar-refractivity contribution in [3.05, 3.63) is 42.2 Å². The average Bonchev–Trinajstić information content (AvgIpc) is 2.95. The summed E-state index contributed by atoms with van der Waals surface area (Å²) in [4.78, 5) is 23.1. The van der Waals surface area contributed by atoms with Crippen LogP contribution in [0.1, 0.15) is 31.3 Å². The minimum Gasteiger partial charge on any atom is -0.463 e. The molecule has 0 aliphatic heterocycles. The van der Waals surface area contributed by atoms with Gasteiger partial charge in [0.05, 0.1) is 7.11 Å². The summed E-state index contributed by atoms with van der Waals surface area (Å²) in [5, 5.41) is 2.64. The number of ether oxygens (including phenoxy) is 2. The van der Waals surface area contributed by atoms with Crippen LogP contribution in [-0.2, 0) is 9.47 Å². The van der Waals surface area contributed by atoms with E-state index in [2.05, 4.69) is 10.1 Å². The largest absolute Gasteiger partial charge is 0.463 e. The first-order valence-electron chi connectivity index (χ1n) is 7.07. The fourth-order valence-corrected chi connectivity index (χ4v) is 1.84. The van der Waals surface area contributed by atoms with E-state index in [9.17, 15) is 9.59 Å². The molecule has 0 atom stereocenters. The minimum absolute atomic E-state index is 0.137. The topological polar surface area (TPSA) is 77.8 Å². The van der Waals surface area contributed by atoms with Crippen LogP contribution in [0, 0.1) is 0 Å². The molecule has 0 saturated carbocycles. The van der Waals surface area contributed by atoms with Gasteiger partial charge in [-0.25, -0.2) is 9.59 Å². The molecule has 0 spiro atoms. The Bertz CT molecular complexity index is 695. The highest BCUT2D eigenvalue weighted by Gasteiger charge is 2.16. The third kappa shape index (κ3) is 4.60. The lowest BCUT2D eigenvalue weighted by Crippen LogP contribution is -2.27. The van der Waals surface area contributed by atoms with Gasteiger partial charge in [0.2, 0.25) is 5.76 Å². The van der Waals surface area contributed by atoms with Crippen molar-refractivity contribution in [1.82, 2.24) is 0 Å². The Kier molecular flexibility index (Phi) is 4.74. The molecular weight excluding hydrogens is 298 g/mol. The third-order valence-corrected chi connectivity index (χ3v) is 2.81. The summed E-state index contributed by atoms with van der Waals surface area (Å²) in [6.07, 6.45) is -0.517. The van der Waals surface area contributed by atoms with Crippen LogP contribution in [0.5, 0.6) is 0 Å². The molecular formula is C17H19NO5. The van der Waals surface area contributed by atoms with E-state index in [0.717, 1.165) is 5.56 Å². The highest BCUT2D eigenvalue weighted by molar-refractivity contribution is 5.87. The SMILES string of the molecule is COC(=O)c1ccc(-c2ccc(NC(=O)OC(C)(C)C)cc2)o1. The summed E-state index contributed by atoms with van der Waals surface area (Å²) in [5.74, 6) is 0.145. The van der Waals surface area contributed by atoms with Gasteiger partial charge in [0.25, 0.3) is 0 Å². The first-order valence-corrected chi connectivity index (χ1v) is 7.07. The summed E-state index contributed by atoms with van der Waals surface area (Å²) >= 11 is 0. The predicted molar refractivity (Wildman–Crippen MR) is 85.3 cm³/mol. The number of rotatable bonds is 3. The van der Waals surface area contributed by atoms with Gasteiger partial charge in [-0.05, 0) is 57.2 Å². The van der Waals surface area contributed by atoms with Gasteiger partial charge in [0.1, 0.15) is 11.4 Å². The van der Waals surface area contributed by atoms with Gasteiger partial charge >= 0.3 is 12.1 Å². The first kappa shape index (κ1) is 16.6. The van der Waals surface area contributed by atoms with E-state index in [0.29, 0.717) is 11.4 Å². The van der Waals surface area contributed by atoms with Crippen molar-refractivity contribution in [3.8, 4) is 11.3 Å². The van der Waals surface area contributed by atoms with E-state index in [4.69, 9.17) is 9.15 Å². The van der Waals surface area contributed by atoms with Gasteiger partial charge in [-0.3, -0.25) is 5.32 Å². The predicted octanol–water partition coefficient (Wildman–Crippen LogP) is 4.08. The van der Waals surface area contributed by atoms with E-state index in [1.54, 1.807) is 57.2 Å². The maximum Gasteiger partial charge on any atom is 0.412 e. The number of anilines is 1. The molecule has 0 aliphatic carbocycles. The lowest BCUT2D eigenvalue weighted by atomic mass is 10.1. The van der Waals surface area contributed by atoms with E-state index in [-0.39, 0.29) is 5.76 Å². The molecule has 0 bridgehead atoms. The van der Waals surface area contributed by atoms with Crippen LogP contribution in [0.2, 0.25) is 0 Å². The van der Waals surface area contributed by atoms with Gasteiger partial charge < -0.3 is 13.9 Å². The number of amides is 1. The van der Waals surface area contributed by atoms with Crippen LogP contribution in [0.4, 0.5) is 10.5 Å². The maximum atomic E-state index is 11.7. The fraction of sp³-hybridized carbons (Fsp3) is 0.294. The Morgan fingerprint density at radius 1 is 1.04 bits per heavy atom. The Morgan fingerprint density at radius 3 is 2.26 bits per heavy atom. The molecule has 0 aliphatic rings. The Balaban J connectivity index is 2.06. The molecule has 0 unspecified atom stereocenters. The fourth-order valence-electron chi connectivity index (χ4n) is 1.84. The molecule has 1 aromatic heterocycles. The van der Waals surface area contributed by atoms with Gasteiger partial charge in [-0.15, -0.1) is 0 Å². The van der Waals surface area contributed by atoms with Crippen molar-refractivity contribution in [2.45, 2.75) is 26.4 Å². The number of carbonyl (C=O) groups is 2. The van der Waals surface area contributed by atoms with Gasteiger partial charge in [-0.2, -0.15) is 0 Å². The Morgan fingerprint density at radius 2 is 1.70 bits per heavy atom. The third-order valence-electron chi connectivity index (χ3n) is 2.81. The summed E-state index contributed by atoms with van der Waals surface area (Å²) in [6, 6.07) is 10.2. The second-order valence-corrected chi connectivity index (χ2v) is 5.86. The highest BCUT2D eigenvalue weighted by Crippen LogP contribution is 2.24. The van der Waals surface area contributed by atoms with E-state index >= 15 is 0 Å². The number of esters is 1. The molecule has 2 rings (SSSR count). The molecule has 23 heavy (non-hydrogen) atoms. The molecule has 6 nitrogen and oxygen atoms in total. The Hall–Kier alpha value is -2.76. The van der Waals surface area contributed by atoms with Gasteiger partial charge in [-0.1, -0.05) is 0 Å². The number of methoxy groups -OCH3 is 1. The summed E-state index contributed by atoms with van der Waals surface area (Å²) < 4.78 is 15.2. The molecule has 2 aromatic rings. The zero-order valence-electron chi connectivity index (χ0n) is 13.5. The number of nitrogens with one attached hydrogen (secondary N) is 1.